The van der Waals surface area contributed by atoms with Crippen molar-refractivity contribution in [2.45, 2.75) is 33.9 Å². The predicted molar refractivity (Wildman–Crippen MR) is 296 cm³/mol. The Morgan fingerprint density at radius 3 is 0.946 bits per heavy atom. The van der Waals surface area contributed by atoms with Crippen LogP contribution in [0.25, 0.3) is 111 Å². The SMILES string of the molecule is Cc1cccc(-c2ccc3c4ccc(-c5cccc(C)c5)cc4n(-c4cc(C#N)cc(-n5c6cc(-c7cccc(C)c7)ccc6c6ccc(-c7cccc(C)c7)cc65)c4-c4cc(C#N)cc(C(F)(F)F)c4)c3c2)c1. The molecule has 0 saturated heterocycles. The van der Waals surface area contributed by atoms with Crippen LogP contribution in [0.15, 0.2) is 200 Å². The molecule has 10 aromatic carbocycles. The number of hydrogen-bond donors (Lipinski definition) is 0. The molecule has 0 unspecified atom stereocenters. The molecule has 354 valence electrons. The maximum absolute atomic E-state index is 15.3. The van der Waals surface area contributed by atoms with Crippen molar-refractivity contribution >= 4 is 43.6 Å². The second kappa shape index (κ2) is 17.7. The van der Waals surface area contributed by atoms with E-state index in [1.165, 1.54) is 6.07 Å². The first-order valence-corrected chi connectivity index (χ1v) is 24.5. The molecule has 0 radical (unpaired) electrons. The summed E-state index contributed by atoms with van der Waals surface area (Å²) in [4.78, 5) is 0. The van der Waals surface area contributed by atoms with Crippen molar-refractivity contribution in [2.24, 2.45) is 0 Å². The molecule has 4 nitrogen and oxygen atoms in total. The first-order valence-electron chi connectivity index (χ1n) is 24.5. The molecule has 74 heavy (non-hydrogen) atoms. The molecule has 0 atom stereocenters. The fourth-order valence-corrected chi connectivity index (χ4v) is 10.9. The smallest absolute Gasteiger partial charge is 0.308 e. The molecule has 2 aromatic heterocycles. The van der Waals surface area contributed by atoms with Crippen LogP contribution >= 0.6 is 0 Å². The van der Waals surface area contributed by atoms with E-state index >= 15 is 13.2 Å². The summed E-state index contributed by atoms with van der Waals surface area (Å²) in [6.07, 6.45) is -4.79. The molecule has 0 fully saturated rings. The Kier molecular flexibility index (Phi) is 10.9. The van der Waals surface area contributed by atoms with Crippen LogP contribution in [0.4, 0.5) is 13.2 Å². The zero-order valence-electron chi connectivity index (χ0n) is 41.0. The van der Waals surface area contributed by atoms with Gasteiger partial charge in [-0.3, -0.25) is 0 Å². The van der Waals surface area contributed by atoms with Crippen molar-refractivity contribution in [1.82, 2.24) is 9.13 Å². The van der Waals surface area contributed by atoms with E-state index in [9.17, 15) is 10.5 Å². The van der Waals surface area contributed by atoms with Crippen molar-refractivity contribution in [3.63, 3.8) is 0 Å². The number of nitriles is 2. The van der Waals surface area contributed by atoms with Crippen LogP contribution in [0, 0.1) is 50.4 Å². The molecular weight excluding hydrogens is 918 g/mol. The van der Waals surface area contributed by atoms with E-state index in [1.54, 1.807) is 12.1 Å². The summed E-state index contributed by atoms with van der Waals surface area (Å²) < 4.78 is 50.0. The van der Waals surface area contributed by atoms with Gasteiger partial charge in [0.2, 0.25) is 0 Å². The second-order valence-corrected chi connectivity index (χ2v) is 19.5. The van der Waals surface area contributed by atoms with Crippen molar-refractivity contribution in [1.29, 1.82) is 10.5 Å². The quantitative estimate of drug-likeness (QED) is 0.160. The van der Waals surface area contributed by atoms with Crippen LogP contribution < -0.4 is 0 Å². The molecule has 0 aliphatic carbocycles. The van der Waals surface area contributed by atoms with E-state index in [-0.39, 0.29) is 11.1 Å². The number of fused-ring (bicyclic) bond motifs is 6. The maximum Gasteiger partial charge on any atom is 0.416 e. The highest BCUT2D eigenvalue weighted by Gasteiger charge is 2.33. The lowest BCUT2D eigenvalue weighted by atomic mass is 9.94. The number of nitrogens with zero attached hydrogens (tertiary/aromatic N) is 4. The van der Waals surface area contributed by atoms with Gasteiger partial charge in [-0.1, -0.05) is 168 Å². The summed E-state index contributed by atoms with van der Waals surface area (Å²) in [5.41, 5.74) is 16.1. The molecule has 0 aliphatic rings. The van der Waals surface area contributed by atoms with Gasteiger partial charge < -0.3 is 9.13 Å². The molecule has 0 bridgehead atoms. The van der Waals surface area contributed by atoms with Gasteiger partial charge in [-0.25, -0.2) is 0 Å². The van der Waals surface area contributed by atoms with Gasteiger partial charge in [0.1, 0.15) is 0 Å². The summed E-state index contributed by atoms with van der Waals surface area (Å²) in [5, 5.41) is 25.4. The van der Waals surface area contributed by atoms with Crippen LogP contribution in [0.2, 0.25) is 0 Å². The average molecular weight is 963 g/mol. The first-order chi connectivity index (χ1) is 35.8. The van der Waals surface area contributed by atoms with Gasteiger partial charge >= 0.3 is 6.18 Å². The van der Waals surface area contributed by atoms with Gasteiger partial charge in [0, 0.05) is 27.1 Å². The molecule has 0 spiro atoms. The Bertz CT molecular complexity index is 3940. The van der Waals surface area contributed by atoms with Gasteiger partial charge in [-0.05, 0) is 132 Å². The Balaban J connectivity index is 1.28. The fourth-order valence-electron chi connectivity index (χ4n) is 10.9. The third-order valence-corrected chi connectivity index (χ3v) is 14.3. The Morgan fingerprint density at radius 1 is 0.338 bits per heavy atom. The van der Waals surface area contributed by atoms with Crippen molar-refractivity contribution < 1.29 is 13.2 Å². The van der Waals surface area contributed by atoms with Crippen LogP contribution in [0.1, 0.15) is 38.9 Å². The largest absolute Gasteiger partial charge is 0.416 e. The molecule has 2 heterocycles. The molecule has 0 N–H and O–H groups in total. The number of benzene rings is 10. The van der Waals surface area contributed by atoms with Gasteiger partial charge in [0.25, 0.3) is 0 Å². The normalized spacial score (nSPS) is 11.7. The van der Waals surface area contributed by atoms with Crippen molar-refractivity contribution in [3.05, 3.63) is 239 Å². The highest BCUT2D eigenvalue weighted by Crippen LogP contribution is 2.46. The number of hydrogen-bond acceptors (Lipinski definition) is 2. The average Bonchev–Trinajstić information content (AvgIpc) is 3.91. The fraction of sp³-hybridized carbons (Fsp3) is 0.0746. The van der Waals surface area contributed by atoms with E-state index in [4.69, 9.17) is 0 Å². The van der Waals surface area contributed by atoms with Crippen molar-refractivity contribution in [2.75, 3.05) is 0 Å². The lowest BCUT2D eigenvalue weighted by Gasteiger charge is -2.22. The summed E-state index contributed by atoms with van der Waals surface area (Å²) in [6.45, 7) is 8.22. The van der Waals surface area contributed by atoms with E-state index in [1.807, 2.05) is 24.3 Å². The number of alkyl halides is 3. The van der Waals surface area contributed by atoms with E-state index < -0.39 is 11.7 Å². The minimum atomic E-state index is -4.79. The molecular formula is C67H45F3N4. The minimum Gasteiger partial charge on any atom is -0.308 e. The lowest BCUT2D eigenvalue weighted by Crippen LogP contribution is -2.08. The van der Waals surface area contributed by atoms with Crippen LogP contribution in [-0.4, -0.2) is 9.13 Å². The number of aryl methyl sites for hydroxylation is 4. The highest BCUT2D eigenvalue weighted by atomic mass is 19.4. The van der Waals surface area contributed by atoms with Gasteiger partial charge in [0.05, 0.1) is 62.3 Å². The topological polar surface area (TPSA) is 57.4 Å². The molecule has 7 heteroatoms. The van der Waals surface area contributed by atoms with Crippen molar-refractivity contribution in [3.8, 4) is 79.1 Å². The van der Waals surface area contributed by atoms with Crippen LogP contribution in [-0.2, 0) is 6.18 Å². The van der Waals surface area contributed by atoms with Crippen LogP contribution in [0.3, 0.4) is 0 Å². The molecule has 0 amide bonds. The number of rotatable bonds is 7. The second-order valence-electron chi connectivity index (χ2n) is 19.5. The summed E-state index contributed by atoms with van der Waals surface area (Å²) in [7, 11) is 0. The van der Waals surface area contributed by atoms with Crippen LogP contribution in [0.5, 0.6) is 0 Å². The van der Waals surface area contributed by atoms with E-state index in [2.05, 4.69) is 195 Å². The lowest BCUT2D eigenvalue weighted by molar-refractivity contribution is -0.137. The third-order valence-electron chi connectivity index (χ3n) is 14.3. The zero-order chi connectivity index (χ0) is 51.0. The molecule has 12 rings (SSSR count). The van der Waals surface area contributed by atoms with Gasteiger partial charge in [0.15, 0.2) is 0 Å². The molecule has 0 aliphatic heterocycles. The van der Waals surface area contributed by atoms with Gasteiger partial charge in [-0.15, -0.1) is 0 Å². The summed E-state index contributed by atoms with van der Waals surface area (Å²) in [5.74, 6) is 0. The monoisotopic (exact) mass is 962 g/mol. The summed E-state index contributed by atoms with van der Waals surface area (Å²) in [6, 6.07) is 70.2. The third kappa shape index (κ3) is 7.96. The number of halogens is 3. The van der Waals surface area contributed by atoms with E-state index in [0.717, 1.165) is 123 Å². The first kappa shape index (κ1) is 45.7. The molecule has 12 aromatic rings. The Labute approximate surface area is 426 Å². The van der Waals surface area contributed by atoms with Gasteiger partial charge in [-0.2, -0.15) is 23.7 Å². The predicted octanol–water partition coefficient (Wildman–Crippen LogP) is 18.2. The summed E-state index contributed by atoms with van der Waals surface area (Å²) >= 11 is 0. The maximum atomic E-state index is 15.3. The Morgan fingerprint density at radius 2 is 0.649 bits per heavy atom. The highest BCUT2D eigenvalue weighted by molar-refractivity contribution is 6.14. The standard InChI is InChI=1S/C67H45F3N4/c1-40-9-5-13-46(25-40)50-17-21-56-57-22-18-51(47-14-6-10-41(2)26-47)35-61(57)73(60(56)34-50)64-31-45(39-72)32-65(66(64)54-29-44(38-71)30-55(33-54)67(68,69)70)74-62-36-52(48-15-7-11-42(3)27-48)19-23-58(62)59-24-20-53(37-63(59)74)49-16-8-12-43(4)28-49/h5-37H,1-4H3. The number of aromatic nitrogens is 2. The zero-order valence-corrected chi connectivity index (χ0v) is 41.0. The Hall–Kier alpha value is -9.43. The van der Waals surface area contributed by atoms with E-state index in [0.29, 0.717) is 22.5 Å². The minimum absolute atomic E-state index is 0.146. The molecule has 0 saturated carbocycles.